The first-order valence-corrected chi connectivity index (χ1v) is 9.36. The van der Waals surface area contributed by atoms with Gasteiger partial charge in [-0.2, -0.15) is 0 Å². The molecule has 6 heteroatoms. The highest BCUT2D eigenvalue weighted by atomic mass is 32.1. The van der Waals surface area contributed by atoms with Gasteiger partial charge in [-0.25, -0.2) is 0 Å². The second-order valence-electron chi connectivity index (χ2n) is 6.42. The van der Waals surface area contributed by atoms with E-state index < -0.39 is 6.29 Å². The second-order valence-corrected chi connectivity index (χ2v) is 7.54. The number of aromatic nitrogens is 1. The van der Waals surface area contributed by atoms with Crippen LogP contribution in [0.3, 0.4) is 0 Å². The van der Waals surface area contributed by atoms with E-state index in [2.05, 4.69) is 46.9 Å². The van der Waals surface area contributed by atoms with Crippen LogP contribution in [0.25, 0.3) is 11.1 Å². The van der Waals surface area contributed by atoms with Crippen molar-refractivity contribution in [2.75, 3.05) is 18.5 Å². The third-order valence-corrected chi connectivity index (χ3v) is 5.49. The standard InChI is InChI=1S/C20H20N2O3S/c1-12-6-14(11-26-12)13-2-3-16-15(10-25-19(16)7-13)8-22-18-9-21-5-4-17(18)20(23)24/h2-7,9,11,15,20,22-24H,8,10H2,1H3/t15-/m0/s1. The number of hydrogen-bond acceptors (Lipinski definition) is 6. The number of nitrogens with one attached hydrogen (secondary N) is 1. The summed E-state index contributed by atoms with van der Waals surface area (Å²) in [5.74, 6) is 1.12. The van der Waals surface area contributed by atoms with E-state index in [9.17, 15) is 10.2 Å². The van der Waals surface area contributed by atoms with Crippen LogP contribution in [0, 0.1) is 6.92 Å². The number of fused-ring (bicyclic) bond motifs is 1. The van der Waals surface area contributed by atoms with Gasteiger partial charge >= 0.3 is 0 Å². The van der Waals surface area contributed by atoms with Gasteiger partial charge in [0.15, 0.2) is 6.29 Å². The molecule has 0 saturated carbocycles. The van der Waals surface area contributed by atoms with E-state index >= 15 is 0 Å². The molecule has 0 unspecified atom stereocenters. The lowest BCUT2D eigenvalue weighted by Gasteiger charge is -2.15. The minimum absolute atomic E-state index is 0.201. The van der Waals surface area contributed by atoms with Gasteiger partial charge in [0.1, 0.15) is 5.75 Å². The average Bonchev–Trinajstić information content (AvgIpc) is 3.25. The minimum Gasteiger partial charge on any atom is -0.493 e. The molecule has 0 aliphatic carbocycles. The molecule has 0 fully saturated rings. The number of hydrogen-bond donors (Lipinski definition) is 3. The van der Waals surface area contributed by atoms with Crippen molar-refractivity contribution in [3.63, 3.8) is 0 Å². The maximum absolute atomic E-state index is 9.46. The van der Waals surface area contributed by atoms with Gasteiger partial charge in [0, 0.05) is 34.7 Å². The summed E-state index contributed by atoms with van der Waals surface area (Å²) in [5.41, 5.74) is 4.60. The highest BCUT2D eigenvalue weighted by Crippen LogP contribution is 2.38. The molecule has 0 radical (unpaired) electrons. The van der Waals surface area contributed by atoms with E-state index in [1.165, 1.54) is 21.6 Å². The van der Waals surface area contributed by atoms with Crippen molar-refractivity contribution in [1.29, 1.82) is 0 Å². The fraction of sp³-hybridized carbons (Fsp3) is 0.250. The lowest BCUT2D eigenvalue weighted by Crippen LogP contribution is -2.15. The van der Waals surface area contributed by atoms with Crippen molar-refractivity contribution < 1.29 is 14.9 Å². The van der Waals surface area contributed by atoms with Crippen molar-refractivity contribution in [2.24, 2.45) is 0 Å². The Labute approximate surface area is 155 Å². The number of nitrogens with zero attached hydrogens (tertiary/aromatic N) is 1. The number of aliphatic hydroxyl groups excluding tert-OH is 1. The van der Waals surface area contributed by atoms with Crippen molar-refractivity contribution in [1.82, 2.24) is 4.98 Å². The maximum Gasteiger partial charge on any atom is 0.180 e. The normalized spacial score (nSPS) is 15.8. The zero-order chi connectivity index (χ0) is 18.1. The molecule has 26 heavy (non-hydrogen) atoms. The molecule has 1 atom stereocenters. The van der Waals surface area contributed by atoms with Crippen LogP contribution in [0.5, 0.6) is 5.75 Å². The van der Waals surface area contributed by atoms with Crippen molar-refractivity contribution in [2.45, 2.75) is 19.1 Å². The van der Waals surface area contributed by atoms with Crippen LogP contribution in [-0.4, -0.2) is 28.3 Å². The fourth-order valence-corrected chi connectivity index (χ4v) is 3.94. The first kappa shape index (κ1) is 17.0. The Balaban J connectivity index is 1.50. The molecule has 3 heterocycles. The van der Waals surface area contributed by atoms with Gasteiger partial charge in [-0.05, 0) is 41.6 Å². The maximum atomic E-state index is 9.46. The monoisotopic (exact) mass is 368 g/mol. The molecule has 0 amide bonds. The number of pyridine rings is 1. The SMILES string of the molecule is Cc1cc(-c2ccc3c(c2)OC[C@@H]3CNc2cnccc2C(O)O)cs1. The topological polar surface area (TPSA) is 74.6 Å². The molecule has 1 aliphatic heterocycles. The Morgan fingerprint density at radius 2 is 2.15 bits per heavy atom. The predicted molar refractivity (Wildman–Crippen MR) is 103 cm³/mol. The van der Waals surface area contributed by atoms with E-state index in [1.54, 1.807) is 29.8 Å². The Hall–Kier alpha value is -2.41. The first-order valence-electron chi connectivity index (χ1n) is 8.48. The van der Waals surface area contributed by atoms with E-state index in [-0.39, 0.29) is 5.92 Å². The molecule has 1 aliphatic rings. The number of aliphatic hydroxyl groups is 2. The first-order chi connectivity index (χ1) is 12.6. The zero-order valence-corrected chi connectivity index (χ0v) is 15.2. The summed E-state index contributed by atoms with van der Waals surface area (Å²) in [5, 5.41) is 24.3. The average molecular weight is 368 g/mol. The highest BCUT2D eigenvalue weighted by Gasteiger charge is 2.25. The summed E-state index contributed by atoms with van der Waals surface area (Å²) < 4.78 is 5.90. The molecule has 5 nitrogen and oxygen atoms in total. The molecule has 134 valence electrons. The molecule has 0 saturated heterocycles. The van der Waals surface area contributed by atoms with Crippen molar-refractivity contribution in [3.05, 3.63) is 64.1 Å². The van der Waals surface area contributed by atoms with Crippen LogP contribution in [0.15, 0.2) is 48.1 Å². The zero-order valence-electron chi connectivity index (χ0n) is 14.3. The number of aryl methyl sites for hydroxylation is 1. The summed E-state index contributed by atoms with van der Waals surface area (Å²) in [6.07, 6.45) is 1.62. The van der Waals surface area contributed by atoms with Gasteiger partial charge in [0.2, 0.25) is 0 Å². The van der Waals surface area contributed by atoms with E-state index in [0.29, 0.717) is 24.4 Å². The third-order valence-electron chi connectivity index (χ3n) is 4.63. The number of ether oxygens (including phenoxy) is 1. The van der Waals surface area contributed by atoms with Crippen LogP contribution >= 0.6 is 11.3 Å². The molecule has 0 bridgehead atoms. The van der Waals surface area contributed by atoms with E-state index in [0.717, 1.165) is 5.75 Å². The lowest BCUT2D eigenvalue weighted by molar-refractivity contribution is -0.0419. The Morgan fingerprint density at radius 1 is 1.27 bits per heavy atom. The summed E-state index contributed by atoms with van der Waals surface area (Å²) in [6, 6.07) is 10.1. The third kappa shape index (κ3) is 3.31. The molecular weight excluding hydrogens is 348 g/mol. The van der Waals surface area contributed by atoms with E-state index in [4.69, 9.17) is 4.74 Å². The number of thiophene rings is 1. The molecule has 2 aromatic heterocycles. The molecule has 3 aromatic rings. The largest absolute Gasteiger partial charge is 0.493 e. The fourth-order valence-electron chi connectivity index (χ4n) is 3.23. The summed E-state index contributed by atoms with van der Waals surface area (Å²) in [7, 11) is 0. The Bertz CT molecular complexity index is 923. The molecule has 1 aromatic carbocycles. The van der Waals surface area contributed by atoms with Gasteiger partial charge in [0.25, 0.3) is 0 Å². The number of rotatable bonds is 5. The van der Waals surface area contributed by atoms with Crippen molar-refractivity contribution >= 4 is 17.0 Å². The van der Waals surface area contributed by atoms with Crippen LogP contribution < -0.4 is 10.1 Å². The van der Waals surface area contributed by atoms with Gasteiger partial charge in [-0.15, -0.1) is 11.3 Å². The lowest BCUT2D eigenvalue weighted by atomic mass is 9.98. The number of anilines is 1. The predicted octanol–water partition coefficient (Wildman–Crippen LogP) is 3.69. The Kier molecular flexibility index (Phi) is 4.63. The van der Waals surface area contributed by atoms with Gasteiger partial charge in [-0.1, -0.05) is 12.1 Å². The van der Waals surface area contributed by atoms with Crippen LogP contribution in [-0.2, 0) is 0 Å². The van der Waals surface area contributed by atoms with Gasteiger partial charge < -0.3 is 20.3 Å². The molecule has 4 rings (SSSR count). The molecule has 3 N–H and O–H groups in total. The Morgan fingerprint density at radius 3 is 2.92 bits per heavy atom. The van der Waals surface area contributed by atoms with Gasteiger partial charge in [-0.3, -0.25) is 4.98 Å². The minimum atomic E-state index is -1.52. The summed E-state index contributed by atoms with van der Waals surface area (Å²) in [4.78, 5) is 5.34. The smallest absolute Gasteiger partial charge is 0.180 e. The van der Waals surface area contributed by atoms with Crippen LogP contribution in [0.4, 0.5) is 5.69 Å². The molecular formula is C20H20N2O3S. The van der Waals surface area contributed by atoms with Crippen molar-refractivity contribution in [3.8, 4) is 16.9 Å². The number of benzene rings is 1. The van der Waals surface area contributed by atoms with Crippen LogP contribution in [0.2, 0.25) is 0 Å². The van der Waals surface area contributed by atoms with E-state index in [1.807, 2.05) is 0 Å². The highest BCUT2D eigenvalue weighted by molar-refractivity contribution is 7.10. The van der Waals surface area contributed by atoms with Crippen LogP contribution in [0.1, 0.15) is 28.2 Å². The quantitative estimate of drug-likeness (QED) is 0.599. The summed E-state index contributed by atoms with van der Waals surface area (Å²) in [6.45, 7) is 3.34. The summed E-state index contributed by atoms with van der Waals surface area (Å²) >= 11 is 1.74. The van der Waals surface area contributed by atoms with Gasteiger partial charge in [0.05, 0.1) is 18.5 Å². The second kappa shape index (κ2) is 7.07. The molecule has 0 spiro atoms.